The molecule has 2 aliphatic rings. The van der Waals surface area contributed by atoms with Crippen molar-refractivity contribution in [1.29, 1.82) is 0 Å². The number of rotatable bonds is 14. The summed E-state index contributed by atoms with van der Waals surface area (Å²) in [5.41, 5.74) is 0. The van der Waals surface area contributed by atoms with E-state index >= 15 is 0 Å². The van der Waals surface area contributed by atoms with Crippen LogP contribution in [0.25, 0.3) is 0 Å². The van der Waals surface area contributed by atoms with Crippen LogP contribution in [0.1, 0.15) is 103 Å². The van der Waals surface area contributed by atoms with Gasteiger partial charge in [-0.15, -0.1) is 0 Å². The lowest BCUT2D eigenvalue weighted by Crippen LogP contribution is -2.28. The second-order valence-corrected chi connectivity index (χ2v) is 9.86. The Morgan fingerprint density at radius 2 is 1.84 bits per heavy atom. The Bertz CT molecular complexity index is 512. The first-order valence-corrected chi connectivity index (χ1v) is 12.9. The van der Waals surface area contributed by atoms with Crippen LogP contribution in [-0.2, 0) is 9.53 Å². The average molecular weight is 439 g/mol. The quantitative estimate of drug-likeness (QED) is 0.190. The smallest absolute Gasteiger partial charge is 0.332 e. The van der Waals surface area contributed by atoms with E-state index in [1.165, 1.54) is 44.9 Å². The van der Waals surface area contributed by atoms with Crippen molar-refractivity contribution >= 4 is 5.97 Å². The molecule has 0 spiro atoms. The van der Waals surface area contributed by atoms with Crippen molar-refractivity contribution in [2.24, 2.45) is 17.8 Å². The highest BCUT2D eigenvalue weighted by molar-refractivity contribution is 5.71. The Kier molecular flexibility index (Phi) is 12.8. The minimum atomic E-state index is -1.37. The number of allylic oxidation sites excluding steroid dienone is 2. The highest BCUT2D eigenvalue weighted by Gasteiger charge is 2.33. The maximum atomic E-state index is 11.0. The van der Waals surface area contributed by atoms with Gasteiger partial charge in [-0.2, -0.15) is 0 Å². The van der Waals surface area contributed by atoms with E-state index in [2.05, 4.69) is 19.1 Å². The van der Waals surface area contributed by atoms with Gasteiger partial charge >= 0.3 is 5.97 Å². The molecule has 31 heavy (non-hydrogen) atoms. The normalized spacial score (nSPS) is 27.4. The van der Waals surface area contributed by atoms with Gasteiger partial charge in [0, 0.05) is 13.0 Å². The molecular formula is C26H46O5. The van der Waals surface area contributed by atoms with E-state index in [-0.39, 0.29) is 24.5 Å². The molecule has 0 radical (unpaired) electrons. The molecule has 2 aliphatic carbocycles. The van der Waals surface area contributed by atoms with E-state index in [0.29, 0.717) is 12.5 Å². The van der Waals surface area contributed by atoms with Crippen molar-refractivity contribution in [3.05, 3.63) is 12.2 Å². The first-order valence-electron chi connectivity index (χ1n) is 12.9. The van der Waals surface area contributed by atoms with Crippen LogP contribution in [0.4, 0.5) is 0 Å². The Morgan fingerprint density at radius 3 is 2.52 bits per heavy atom. The average Bonchev–Trinajstić information content (AvgIpc) is 2.93. The third kappa shape index (κ3) is 10.0. The summed E-state index contributed by atoms with van der Waals surface area (Å²) in [5, 5.41) is 29.3. The summed E-state index contributed by atoms with van der Waals surface area (Å²) < 4.78 is 5.86. The minimum absolute atomic E-state index is 0.136. The standard InChI is InChI=1S/C26H46O5/c1-2-3-18-31-22(19-25(28)26(29)30)14-9-15-23-21(16-17-24(23)27)13-8-12-20-10-6-4-5-7-11-20/h8,13,20-25,27-28H,2-7,9-12,14-19H2,1H3,(H,29,30)/t21-,22?,23+,24-,25?/m0/s1. The van der Waals surface area contributed by atoms with E-state index in [1.54, 1.807) is 0 Å². The number of unbranched alkanes of at least 4 members (excludes halogenated alkanes) is 1. The lowest BCUT2D eigenvalue weighted by atomic mass is 9.87. The first kappa shape index (κ1) is 26.3. The lowest BCUT2D eigenvalue weighted by Gasteiger charge is -2.23. The molecule has 5 heteroatoms. The molecule has 5 nitrogen and oxygen atoms in total. The number of carbonyl (C=O) groups is 1. The maximum absolute atomic E-state index is 11.0. The van der Waals surface area contributed by atoms with Crippen LogP contribution in [0.3, 0.4) is 0 Å². The van der Waals surface area contributed by atoms with Crippen molar-refractivity contribution < 1.29 is 24.9 Å². The predicted molar refractivity (Wildman–Crippen MR) is 124 cm³/mol. The zero-order valence-corrected chi connectivity index (χ0v) is 19.6. The second-order valence-electron chi connectivity index (χ2n) is 9.86. The Labute approximate surface area is 189 Å². The number of carboxylic acids is 1. The first-order chi connectivity index (χ1) is 15.0. The van der Waals surface area contributed by atoms with Gasteiger partial charge in [-0.1, -0.05) is 70.4 Å². The summed E-state index contributed by atoms with van der Waals surface area (Å²) in [6.07, 6.45) is 18.9. The summed E-state index contributed by atoms with van der Waals surface area (Å²) in [4.78, 5) is 11.0. The van der Waals surface area contributed by atoms with E-state index in [4.69, 9.17) is 9.84 Å². The molecule has 180 valence electrons. The van der Waals surface area contributed by atoms with E-state index in [1.807, 2.05) is 0 Å². The van der Waals surface area contributed by atoms with Crippen LogP contribution < -0.4 is 0 Å². The highest BCUT2D eigenvalue weighted by Crippen LogP contribution is 2.37. The molecule has 0 amide bonds. The molecule has 5 atom stereocenters. The predicted octanol–water partition coefficient (Wildman–Crippen LogP) is 5.48. The topological polar surface area (TPSA) is 87.0 Å². The summed E-state index contributed by atoms with van der Waals surface area (Å²) in [5.74, 6) is 0.385. The summed E-state index contributed by atoms with van der Waals surface area (Å²) >= 11 is 0. The third-order valence-electron chi connectivity index (χ3n) is 7.35. The number of aliphatic hydroxyl groups excluding tert-OH is 2. The Hall–Kier alpha value is -0.910. The van der Waals surface area contributed by atoms with Crippen LogP contribution >= 0.6 is 0 Å². The van der Waals surface area contributed by atoms with Crippen molar-refractivity contribution in [2.45, 2.75) is 122 Å². The van der Waals surface area contributed by atoms with Crippen molar-refractivity contribution in [3.8, 4) is 0 Å². The molecule has 0 aromatic rings. The molecule has 0 aromatic heterocycles. The molecule has 0 aromatic carbocycles. The van der Waals surface area contributed by atoms with E-state index in [0.717, 1.165) is 50.9 Å². The van der Waals surface area contributed by atoms with Gasteiger partial charge in [-0.05, 0) is 56.3 Å². The van der Waals surface area contributed by atoms with Gasteiger partial charge in [0.1, 0.15) is 0 Å². The number of hydrogen-bond acceptors (Lipinski definition) is 4. The van der Waals surface area contributed by atoms with Gasteiger partial charge in [-0.3, -0.25) is 0 Å². The van der Waals surface area contributed by atoms with Crippen LogP contribution in [0, 0.1) is 17.8 Å². The maximum Gasteiger partial charge on any atom is 0.332 e. The molecule has 2 rings (SSSR count). The molecule has 0 bridgehead atoms. The van der Waals surface area contributed by atoms with Crippen LogP contribution in [0.15, 0.2) is 12.2 Å². The monoisotopic (exact) mass is 438 g/mol. The largest absolute Gasteiger partial charge is 0.479 e. The third-order valence-corrected chi connectivity index (χ3v) is 7.35. The van der Waals surface area contributed by atoms with Crippen molar-refractivity contribution in [3.63, 3.8) is 0 Å². The molecule has 2 saturated carbocycles. The van der Waals surface area contributed by atoms with Crippen molar-refractivity contribution in [1.82, 2.24) is 0 Å². The molecular weight excluding hydrogens is 392 g/mol. The number of ether oxygens (including phenoxy) is 1. The molecule has 0 saturated heterocycles. The van der Waals surface area contributed by atoms with Gasteiger partial charge in [0.05, 0.1) is 12.2 Å². The molecule has 0 aliphatic heterocycles. The van der Waals surface area contributed by atoms with Crippen LogP contribution in [0.2, 0.25) is 0 Å². The fraction of sp³-hybridized carbons (Fsp3) is 0.885. The summed E-state index contributed by atoms with van der Waals surface area (Å²) in [6.45, 7) is 2.70. The minimum Gasteiger partial charge on any atom is -0.479 e. The number of aliphatic hydroxyl groups is 2. The molecule has 2 fully saturated rings. The zero-order valence-electron chi connectivity index (χ0n) is 19.6. The highest BCUT2D eigenvalue weighted by atomic mass is 16.5. The van der Waals surface area contributed by atoms with Gasteiger partial charge in [0.25, 0.3) is 0 Å². The number of carboxylic acid groups (broad SMARTS) is 1. The van der Waals surface area contributed by atoms with Gasteiger partial charge in [0.2, 0.25) is 0 Å². The van der Waals surface area contributed by atoms with Gasteiger partial charge in [-0.25, -0.2) is 4.79 Å². The second kappa shape index (κ2) is 15.0. The zero-order chi connectivity index (χ0) is 22.5. The fourth-order valence-corrected chi connectivity index (χ4v) is 5.36. The fourth-order valence-electron chi connectivity index (χ4n) is 5.36. The Balaban J connectivity index is 1.79. The van der Waals surface area contributed by atoms with Crippen molar-refractivity contribution in [2.75, 3.05) is 6.61 Å². The van der Waals surface area contributed by atoms with Gasteiger partial charge in [0.15, 0.2) is 6.10 Å². The van der Waals surface area contributed by atoms with E-state index < -0.39 is 12.1 Å². The Morgan fingerprint density at radius 1 is 1.10 bits per heavy atom. The number of hydrogen-bond donors (Lipinski definition) is 3. The number of aliphatic carboxylic acids is 1. The SMILES string of the molecule is CCCCOC(CCC[C@H]1[C@@H](O)CC[C@@H]1C=CCC1CCCCCC1)CC(O)C(=O)O. The molecule has 0 heterocycles. The van der Waals surface area contributed by atoms with Gasteiger partial charge < -0.3 is 20.1 Å². The molecule has 2 unspecified atom stereocenters. The van der Waals surface area contributed by atoms with Crippen LogP contribution in [-0.4, -0.2) is 46.2 Å². The van der Waals surface area contributed by atoms with E-state index in [9.17, 15) is 15.0 Å². The lowest BCUT2D eigenvalue weighted by molar-refractivity contribution is -0.148. The summed E-state index contributed by atoms with van der Waals surface area (Å²) in [6, 6.07) is 0. The van der Waals surface area contributed by atoms with Crippen LogP contribution in [0.5, 0.6) is 0 Å². The molecule has 3 N–H and O–H groups in total. The summed E-state index contributed by atoms with van der Waals surface area (Å²) in [7, 11) is 0.